The first-order valence-electron chi connectivity index (χ1n) is 8.88. The van der Waals surface area contributed by atoms with Crippen LogP contribution in [-0.4, -0.2) is 71.3 Å². The summed E-state index contributed by atoms with van der Waals surface area (Å²) in [6.45, 7) is 7.82. The van der Waals surface area contributed by atoms with Gasteiger partial charge in [0, 0.05) is 58.0 Å². The second-order valence-corrected chi connectivity index (χ2v) is 6.63. The van der Waals surface area contributed by atoms with Gasteiger partial charge in [-0.25, -0.2) is 4.98 Å². The number of carbonyl (C=O) groups excluding carboxylic acids is 1. The van der Waals surface area contributed by atoms with Crippen LogP contribution in [-0.2, 0) is 11.2 Å². The number of β-amino-alcohol motifs (C(OH)–C–C–N with tert-alkyl or cyclic N) is 1. The predicted molar refractivity (Wildman–Crippen MR) is 93.3 cm³/mol. The van der Waals surface area contributed by atoms with Gasteiger partial charge in [-0.3, -0.25) is 4.79 Å². The third-order valence-electron chi connectivity index (χ3n) is 4.78. The molecule has 1 N–H and O–H groups in total. The quantitative estimate of drug-likeness (QED) is 0.876. The van der Waals surface area contributed by atoms with Crippen molar-refractivity contribution >= 4 is 17.7 Å². The maximum Gasteiger partial charge on any atom is 0.227 e. The number of aliphatic hydroxyl groups is 1. The van der Waals surface area contributed by atoms with E-state index in [0.29, 0.717) is 26.2 Å². The number of rotatable bonds is 3. The molecule has 0 unspecified atom stereocenters. The number of hydrogen-bond acceptors (Lipinski definition) is 6. The molecule has 0 saturated carbocycles. The fourth-order valence-corrected chi connectivity index (χ4v) is 3.36. The summed E-state index contributed by atoms with van der Waals surface area (Å²) in [7, 11) is 0. The molecule has 132 valence electrons. The van der Waals surface area contributed by atoms with Crippen molar-refractivity contribution in [3.8, 4) is 0 Å². The fourth-order valence-electron chi connectivity index (χ4n) is 3.36. The van der Waals surface area contributed by atoms with Crippen LogP contribution in [0, 0.1) is 0 Å². The molecule has 2 aliphatic rings. The van der Waals surface area contributed by atoms with Crippen molar-refractivity contribution in [2.24, 2.45) is 0 Å². The van der Waals surface area contributed by atoms with E-state index in [9.17, 15) is 9.90 Å². The van der Waals surface area contributed by atoms with Gasteiger partial charge < -0.3 is 19.8 Å². The van der Waals surface area contributed by atoms with Crippen LogP contribution in [0.15, 0.2) is 6.07 Å². The number of hydrogen-bond donors (Lipinski definition) is 1. The van der Waals surface area contributed by atoms with Gasteiger partial charge in [-0.1, -0.05) is 6.92 Å². The second kappa shape index (κ2) is 7.34. The van der Waals surface area contributed by atoms with E-state index < -0.39 is 6.10 Å². The van der Waals surface area contributed by atoms with Gasteiger partial charge in [-0.15, -0.1) is 0 Å². The van der Waals surface area contributed by atoms with E-state index in [0.717, 1.165) is 37.0 Å². The van der Waals surface area contributed by atoms with E-state index in [1.54, 1.807) is 11.8 Å². The minimum Gasteiger partial charge on any atom is -0.389 e. The summed E-state index contributed by atoms with van der Waals surface area (Å²) >= 11 is 0. The Kier molecular flexibility index (Phi) is 5.18. The van der Waals surface area contributed by atoms with Gasteiger partial charge in [-0.05, 0) is 19.3 Å². The molecule has 1 amide bonds. The first kappa shape index (κ1) is 17.0. The molecule has 0 aromatic carbocycles. The van der Waals surface area contributed by atoms with E-state index in [2.05, 4.69) is 21.7 Å². The van der Waals surface area contributed by atoms with Crippen molar-refractivity contribution in [2.75, 3.05) is 49.1 Å². The zero-order valence-corrected chi connectivity index (χ0v) is 14.6. The molecule has 2 fully saturated rings. The number of aliphatic hydroxyl groups excluding tert-OH is 1. The van der Waals surface area contributed by atoms with E-state index >= 15 is 0 Å². The summed E-state index contributed by atoms with van der Waals surface area (Å²) in [5.74, 6) is 1.66. The molecule has 7 heteroatoms. The molecule has 3 heterocycles. The lowest BCUT2D eigenvalue weighted by Gasteiger charge is -2.25. The third kappa shape index (κ3) is 3.77. The topological polar surface area (TPSA) is 72.8 Å². The Hall–Kier alpha value is -1.89. The lowest BCUT2D eigenvalue weighted by molar-refractivity contribution is -0.129. The summed E-state index contributed by atoms with van der Waals surface area (Å²) in [6, 6.07) is 2.01. The number of anilines is 2. The smallest absolute Gasteiger partial charge is 0.227 e. The molecule has 7 nitrogen and oxygen atoms in total. The number of aryl methyl sites for hydroxylation is 1. The van der Waals surface area contributed by atoms with E-state index in [-0.39, 0.29) is 5.91 Å². The standard InChI is InChI=1S/C17H27N5O2/c1-3-14-10-16(19-17(18-14)20-6-4-5-7-20)22-9-8-21(13(2)23)11-15(24)12-22/h10,15,24H,3-9,11-12H2,1-2H3/t15-/m1/s1. The van der Waals surface area contributed by atoms with Gasteiger partial charge in [0.25, 0.3) is 0 Å². The van der Waals surface area contributed by atoms with Crippen LogP contribution >= 0.6 is 0 Å². The molecule has 1 aromatic rings. The van der Waals surface area contributed by atoms with Crippen LogP contribution in [0.3, 0.4) is 0 Å². The van der Waals surface area contributed by atoms with Crippen molar-refractivity contribution in [3.63, 3.8) is 0 Å². The third-order valence-corrected chi connectivity index (χ3v) is 4.78. The number of carbonyl (C=O) groups is 1. The van der Waals surface area contributed by atoms with Crippen LogP contribution < -0.4 is 9.80 Å². The van der Waals surface area contributed by atoms with Crippen LogP contribution in [0.4, 0.5) is 11.8 Å². The van der Waals surface area contributed by atoms with Gasteiger partial charge in [0.2, 0.25) is 11.9 Å². The van der Waals surface area contributed by atoms with Crippen molar-refractivity contribution in [2.45, 2.75) is 39.2 Å². The first-order valence-corrected chi connectivity index (χ1v) is 8.88. The Morgan fingerprint density at radius 1 is 1.17 bits per heavy atom. The average molecular weight is 333 g/mol. The molecule has 0 radical (unpaired) electrons. The molecule has 2 saturated heterocycles. The van der Waals surface area contributed by atoms with Crippen LogP contribution in [0.25, 0.3) is 0 Å². The van der Waals surface area contributed by atoms with Gasteiger partial charge in [0.1, 0.15) is 5.82 Å². The second-order valence-electron chi connectivity index (χ2n) is 6.63. The Bertz CT molecular complexity index is 588. The van der Waals surface area contributed by atoms with Crippen molar-refractivity contribution in [1.29, 1.82) is 0 Å². The molecule has 0 bridgehead atoms. The highest BCUT2D eigenvalue weighted by Crippen LogP contribution is 2.22. The van der Waals surface area contributed by atoms with Gasteiger partial charge in [0.05, 0.1) is 6.10 Å². The Morgan fingerprint density at radius 3 is 2.58 bits per heavy atom. The molecular weight excluding hydrogens is 306 g/mol. The molecule has 0 aliphatic carbocycles. The monoisotopic (exact) mass is 333 g/mol. The average Bonchev–Trinajstić information content (AvgIpc) is 3.03. The zero-order valence-electron chi connectivity index (χ0n) is 14.6. The van der Waals surface area contributed by atoms with Crippen LogP contribution in [0.2, 0.25) is 0 Å². The molecule has 24 heavy (non-hydrogen) atoms. The molecule has 1 aromatic heterocycles. The van der Waals surface area contributed by atoms with E-state index in [1.807, 2.05) is 6.07 Å². The maximum absolute atomic E-state index is 11.6. The van der Waals surface area contributed by atoms with Crippen LogP contribution in [0.5, 0.6) is 0 Å². The van der Waals surface area contributed by atoms with Gasteiger partial charge >= 0.3 is 0 Å². The summed E-state index contributed by atoms with van der Waals surface area (Å²) in [6.07, 6.45) is 2.66. The molecule has 2 aliphatic heterocycles. The SMILES string of the molecule is CCc1cc(N2CCN(C(C)=O)C[C@@H](O)C2)nc(N2CCCC2)n1. The van der Waals surface area contributed by atoms with E-state index in [1.165, 1.54) is 12.8 Å². The lowest BCUT2D eigenvalue weighted by Crippen LogP contribution is -2.36. The largest absolute Gasteiger partial charge is 0.389 e. The summed E-state index contributed by atoms with van der Waals surface area (Å²) < 4.78 is 0. The van der Waals surface area contributed by atoms with Crippen molar-refractivity contribution in [3.05, 3.63) is 11.8 Å². The van der Waals surface area contributed by atoms with Crippen molar-refractivity contribution in [1.82, 2.24) is 14.9 Å². The summed E-state index contributed by atoms with van der Waals surface area (Å²) in [5, 5.41) is 10.3. The molecule has 0 spiro atoms. The lowest BCUT2D eigenvalue weighted by atomic mass is 10.3. The number of aromatic nitrogens is 2. The van der Waals surface area contributed by atoms with Gasteiger partial charge in [0.15, 0.2) is 0 Å². The highest BCUT2D eigenvalue weighted by atomic mass is 16.3. The summed E-state index contributed by atoms with van der Waals surface area (Å²) in [5.41, 5.74) is 1.02. The summed E-state index contributed by atoms with van der Waals surface area (Å²) in [4.78, 5) is 27.1. The number of amides is 1. The Morgan fingerprint density at radius 2 is 1.92 bits per heavy atom. The highest BCUT2D eigenvalue weighted by molar-refractivity contribution is 5.73. The van der Waals surface area contributed by atoms with Gasteiger partial charge in [-0.2, -0.15) is 4.98 Å². The Labute approximate surface area is 143 Å². The number of nitrogens with zero attached hydrogens (tertiary/aromatic N) is 5. The highest BCUT2D eigenvalue weighted by Gasteiger charge is 2.25. The zero-order chi connectivity index (χ0) is 17.1. The minimum absolute atomic E-state index is 0.00518. The minimum atomic E-state index is -0.563. The molecule has 1 atom stereocenters. The van der Waals surface area contributed by atoms with E-state index in [4.69, 9.17) is 4.98 Å². The van der Waals surface area contributed by atoms with Crippen molar-refractivity contribution < 1.29 is 9.90 Å². The molecular formula is C17H27N5O2. The fraction of sp³-hybridized carbons (Fsp3) is 0.706. The molecule has 3 rings (SSSR count). The Balaban J connectivity index is 1.84. The normalized spacial score (nSPS) is 22.0. The first-order chi connectivity index (χ1) is 11.6. The maximum atomic E-state index is 11.6. The predicted octanol–water partition coefficient (Wildman–Crippen LogP) is 0.669. The van der Waals surface area contributed by atoms with Crippen LogP contribution in [0.1, 0.15) is 32.4 Å².